The molecule has 1 aliphatic rings. The van der Waals surface area contributed by atoms with Crippen molar-refractivity contribution >= 4 is 38.3 Å². The van der Waals surface area contributed by atoms with Gasteiger partial charge in [0.05, 0.1) is 25.9 Å². The van der Waals surface area contributed by atoms with Crippen LogP contribution in [0.1, 0.15) is 6.42 Å². The zero-order valence-electron chi connectivity index (χ0n) is 7.55. The molecule has 0 aromatic heterocycles. The molecule has 6 heteroatoms. The van der Waals surface area contributed by atoms with Gasteiger partial charge in [0, 0.05) is 12.2 Å². The lowest BCUT2D eigenvalue weighted by Crippen LogP contribution is -2.10. The Balaban J connectivity index is 2.57. The molecule has 80 valence electrons. The second-order valence-electron chi connectivity index (χ2n) is 3.11. The van der Waals surface area contributed by atoms with Gasteiger partial charge in [0.15, 0.2) is 0 Å². The van der Waals surface area contributed by atoms with E-state index in [-0.39, 0.29) is 22.6 Å². The van der Waals surface area contributed by atoms with E-state index in [1.54, 1.807) is 0 Å². The van der Waals surface area contributed by atoms with E-state index < -0.39 is 16.6 Å². The number of nitrogens with one attached hydrogen (secondary N) is 1. The summed E-state index contributed by atoms with van der Waals surface area (Å²) in [4.78, 5) is 11.6. The van der Waals surface area contributed by atoms with Gasteiger partial charge in [0.25, 0.3) is 0 Å². The van der Waals surface area contributed by atoms with Crippen LogP contribution < -0.4 is 5.32 Å². The highest BCUT2D eigenvalue weighted by Crippen LogP contribution is 2.29. The van der Waals surface area contributed by atoms with Crippen LogP contribution >= 0.6 is 15.9 Å². The van der Waals surface area contributed by atoms with E-state index in [1.807, 2.05) is 0 Å². The van der Waals surface area contributed by atoms with Crippen LogP contribution in [0.5, 0.6) is 0 Å². The first-order valence-corrected chi connectivity index (χ1v) is 6.36. The summed E-state index contributed by atoms with van der Waals surface area (Å²) >= 11 is 3.01. The Bertz CT molecular complexity index is 464. The lowest BCUT2D eigenvalue weighted by atomic mass is 10.3. The molecule has 2 rings (SSSR count). The summed E-state index contributed by atoms with van der Waals surface area (Å²) in [6, 6.07) is 2.63. The number of carbonyl (C=O) groups is 1. The van der Waals surface area contributed by atoms with Crippen molar-refractivity contribution in [1.82, 2.24) is 0 Å². The number of benzene rings is 1. The minimum Gasteiger partial charge on any atom is -0.325 e. The highest BCUT2D eigenvalue weighted by molar-refractivity contribution is 9.10. The fourth-order valence-electron chi connectivity index (χ4n) is 1.32. The monoisotopic (exact) mass is 291 g/mol. The van der Waals surface area contributed by atoms with Crippen molar-refractivity contribution in [3.05, 3.63) is 22.4 Å². The molecule has 3 nitrogen and oxygen atoms in total. The van der Waals surface area contributed by atoms with Crippen LogP contribution in [0.25, 0.3) is 0 Å². The van der Waals surface area contributed by atoms with Crippen molar-refractivity contribution in [3.63, 3.8) is 0 Å². The van der Waals surface area contributed by atoms with Gasteiger partial charge >= 0.3 is 0 Å². The first kappa shape index (κ1) is 10.8. The topological polar surface area (TPSA) is 46.2 Å². The summed E-state index contributed by atoms with van der Waals surface area (Å²) in [6.45, 7) is 0. The molecule has 0 radical (unpaired) electrons. The molecule has 15 heavy (non-hydrogen) atoms. The predicted molar refractivity (Wildman–Crippen MR) is 58.6 cm³/mol. The highest BCUT2D eigenvalue weighted by Gasteiger charge is 2.20. The molecule has 1 amide bonds. The Labute approximate surface area is 96.6 Å². The van der Waals surface area contributed by atoms with Gasteiger partial charge in [-0.25, -0.2) is 4.39 Å². The minimum atomic E-state index is -1.32. The lowest BCUT2D eigenvalue weighted by Gasteiger charge is -2.06. The molecule has 1 aliphatic heterocycles. The van der Waals surface area contributed by atoms with Gasteiger partial charge in [-0.3, -0.25) is 9.00 Å². The van der Waals surface area contributed by atoms with E-state index >= 15 is 0 Å². The van der Waals surface area contributed by atoms with Crippen LogP contribution in [0.3, 0.4) is 0 Å². The molecule has 1 heterocycles. The molecule has 0 spiro atoms. The molecule has 0 saturated heterocycles. The largest absolute Gasteiger partial charge is 0.325 e. The third-order valence-corrected chi connectivity index (χ3v) is 4.07. The van der Waals surface area contributed by atoms with Crippen molar-refractivity contribution in [1.29, 1.82) is 0 Å². The first-order valence-electron chi connectivity index (χ1n) is 4.25. The molecule has 1 atom stereocenters. The molecule has 1 unspecified atom stereocenters. The van der Waals surface area contributed by atoms with Crippen LogP contribution in [0, 0.1) is 5.82 Å². The van der Waals surface area contributed by atoms with E-state index in [9.17, 15) is 13.4 Å². The van der Waals surface area contributed by atoms with Crippen LogP contribution in [-0.2, 0) is 15.6 Å². The summed E-state index contributed by atoms with van der Waals surface area (Å²) in [5, 5.41) is 2.59. The maximum absolute atomic E-state index is 13.2. The Hall–Kier alpha value is -0.750. The second kappa shape index (κ2) is 4.02. The SMILES string of the molecule is O=C1CCS(=O)c2cc(F)c(Br)cc2N1. The maximum Gasteiger partial charge on any atom is 0.225 e. The van der Waals surface area contributed by atoms with Crippen molar-refractivity contribution in [2.75, 3.05) is 11.1 Å². The molecule has 0 fully saturated rings. The fraction of sp³-hybridized carbons (Fsp3) is 0.222. The maximum atomic E-state index is 13.2. The number of halogens is 2. The number of anilines is 1. The van der Waals surface area contributed by atoms with Crippen molar-refractivity contribution in [2.24, 2.45) is 0 Å². The van der Waals surface area contributed by atoms with Crippen LogP contribution in [0.4, 0.5) is 10.1 Å². The smallest absolute Gasteiger partial charge is 0.225 e. The lowest BCUT2D eigenvalue weighted by molar-refractivity contribution is -0.115. The summed E-state index contributed by atoms with van der Waals surface area (Å²) in [5.41, 5.74) is 0.420. The molecular weight excluding hydrogens is 285 g/mol. The average Bonchev–Trinajstić information content (AvgIpc) is 2.30. The third kappa shape index (κ3) is 2.10. The standard InChI is InChI=1S/C9H7BrFNO2S/c10-5-3-7-8(4-6(5)11)15(14)2-1-9(13)12-7/h3-4H,1-2H2,(H,12,13). The molecule has 0 aliphatic carbocycles. The summed E-state index contributed by atoms with van der Waals surface area (Å²) in [6.07, 6.45) is 0.195. The van der Waals surface area contributed by atoms with Gasteiger partial charge in [0.2, 0.25) is 5.91 Å². The van der Waals surface area contributed by atoms with Gasteiger partial charge in [-0.05, 0) is 28.1 Å². The van der Waals surface area contributed by atoms with Gasteiger partial charge < -0.3 is 5.32 Å². The summed E-state index contributed by atoms with van der Waals surface area (Å²) in [7, 11) is -1.32. The van der Waals surface area contributed by atoms with Gasteiger partial charge in [0.1, 0.15) is 5.82 Å². The summed E-state index contributed by atoms with van der Waals surface area (Å²) in [5.74, 6) is -0.432. The van der Waals surface area contributed by atoms with Crippen molar-refractivity contribution in [3.8, 4) is 0 Å². The fourth-order valence-corrected chi connectivity index (χ4v) is 2.85. The Morgan fingerprint density at radius 2 is 2.20 bits per heavy atom. The number of amides is 1. The van der Waals surface area contributed by atoms with Gasteiger partial charge in [-0.1, -0.05) is 0 Å². The van der Waals surface area contributed by atoms with E-state index in [2.05, 4.69) is 21.2 Å². The zero-order valence-corrected chi connectivity index (χ0v) is 9.95. The molecule has 1 N–H and O–H groups in total. The van der Waals surface area contributed by atoms with E-state index in [1.165, 1.54) is 12.1 Å². The van der Waals surface area contributed by atoms with Crippen molar-refractivity contribution in [2.45, 2.75) is 11.3 Å². The number of rotatable bonds is 0. The molecule has 0 saturated carbocycles. The number of carbonyl (C=O) groups excluding carboxylic acids is 1. The second-order valence-corrected chi connectivity index (χ2v) is 5.50. The first-order chi connectivity index (χ1) is 7.08. The molecule has 0 bridgehead atoms. The summed E-state index contributed by atoms with van der Waals surface area (Å²) < 4.78 is 25.1. The quantitative estimate of drug-likeness (QED) is 0.795. The zero-order chi connectivity index (χ0) is 11.0. The number of hydrogen-bond acceptors (Lipinski definition) is 2. The van der Waals surface area contributed by atoms with Gasteiger partial charge in [-0.15, -0.1) is 0 Å². The molecule has 1 aromatic rings. The Morgan fingerprint density at radius 3 is 2.93 bits per heavy atom. The molecular formula is C9H7BrFNO2S. The van der Waals surface area contributed by atoms with Crippen LogP contribution in [0.15, 0.2) is 21.5 Å². The van der Waals surface area contributed by atoms with Crippen LogP contribution in [-0.4, -0.2) is 15.9 Å². The molecule has 1 aromatic carbocycles. The number of fused-ring (bicyclic) bond motifs is 1. The van der Waals surface area contributed by atoms with E-state index in [4.69, 9.17) is 0 Å². The van der Waals surface area contributed by atoms with E-state index in [0.29, 0.717) is 10.6 Å². The Kier molecular flexibility index (Phi) is 2.88. The minimum absolute atomic E-state index is 0.194. The Morgan fingerprint density at radius 1 is 1.47 bits per heavy atom. The predicted octanol–water partition coefficient (Wildman–Crippen LogP) is 2.04. The highest BCUT2D eigenvalue weighted by atomic mass is 79.9. The number of hydrogen-bond donors (Lipinski definition) is 1. The van der Waals surface area contributed by atoms with Crippen LogP contribution in [0.2, 0.25) is 0 Å². The van der Waals surface area contributed by atoms with Gasteiger partial charge in [-0.2, -0.15) is 0 Å². The normalized spacial score (nSPS) is 20.4. The average molecular weight is 292 g/mol. The van der Waals surface area contributed by atoms with Crippen molar-refractivity contribution < 1.29 is 13.4 Å². The van der Waals surface area contributed by atoms with E-state index in [0.717, 1.165) is 0 Å². The third-order valence-electron chi connectivity index (χ3n) is 2.06.